The zero-order valence-electron chi connectivity index (χ0n) is 10.2. The number of benzene rings is 1. The van der Waals surface area contributed by atoms with Crippen molar-refractivity contribution in [2.45, 2.75) is 25.8 Å². The van der Waals surface area contributed by atoms with E-state index < -0.39 is 0 Å². The largest absolute Gasteiger partial charge is 0.373 e. The van der Waals surface area contributed by atoms with E-state index in [1.807, 2.05) is 30.0 Å². The van der Waals surface area contributed by atoms with Gasteiger partial charge in [0.25, 0.3) is 0 Å². The van der Waals surface area contributed by atoms with Crippen molar-refractivity contribution >= 4 is 39.1 Å². The molecule has 18 heavy (non-hydrogen) atoms. The van der Waals surface area contributed by atoms with Gasteiger partial charge in [0.1, 0.15) is 6.04 Å². The van der Waals surface area contributed by atoms with Crippen LogP contribution < -0.4 is 5.32 Å². The van der Waals surface area contributed by atoms with E-state index in [2.05, 4.69) is 21.2 Å². The molecule has 1 heterocycles. The molecule has 2 rings (SSSR count). The number of hydrogen-bond donors (Lipinski definition) is 1. The van der Waals surface area contributed by atoms with Gasteiger partial charge >= 0.3 is 0 Å². The molecule has 3 nitrogen and oxygen atoms in total. The fourth-order valence-electron chi connectivity index (χ4n) is 2.11. The zero-order chi connectivity index (χ0) is 13.1. The fraction of sp³-hybridized carbons (Fsp3) is 0.462. The second-order valence-electron chi connectivity index (χ2n) is 4.52. The summed E-state index contributed by atoms with van der Waals surface area (Å²) in [6.07, 6.45) is 2.23. The van der Waals surface area contributed by atoms with Gasteiger partial charge in [0.05, 0.1) is 0 Å². The molecule has 1 N–H and O–H groups in total. The molecule has 1 unspecified atom stereocenters. The molecule has 1 amide bonds. The molecule has 1 aromatic rings. The van der Waals surface area contributed by atoms with Crippen LogP contribution in [0.3, 0.4) is 0 Å². The lowest BCUT2D eigenvalue weighted by Gasteiger charge is -2.22. The summed E-state index contributed by atoms with van der Waals surface area (Å²) in [5.74, 6) is 0.161. The summed E-state index contributed by atoms with van der Waals surface area (Å²) in [7, 11) is 0. The van der Waals surface area contributed by atoms with E-state index in [0.29, 0.717) is 5.02 Å². The van der Waals surface area contributed by atoms with E-state index in [4.69, 9.17) is 11.6 Å². The molecule has 1 fully saturated rings. The second-order valence-corrected chi connectivity index (χ2v) is 5.81. The van der Waals surface area contributed by atoms with Gasteiger partial charge in [0, 0.05) is 28.3 Å². The van der Waals surface area contributed by atoms with Crippen molar-refractivity contribution in [3.05, 3.63) is 27.7 Å². The standard InChI is InChI=1S/C13H16BrClN2O/c1-9(13(18)17-6-2-3-7-17)16-12-5-4-10(15)8-11(12)14/h4-5,8-9,16H,2-3,6-7H2,1H3. The molecule has 1 aliphatic heterocycles. The first kappa shape index (κ1) is 13.7. The average Bonchev–Trinajstić information content (AvgIpc) is 2.85. The van der Waals surface area contributed by atoms with Crippen LogP contribution in [-0.2, 0) is 4.79 Å². The summed E-state index contributed by atoms with van der Waals surface area (Å²) in [6.45, 7) is 3.65. The Kier molecular flexibility index (Phi) is 4.51. The van der Waals surface area contributed by atoms with E-state index in [1.165, 1.54) is 0 Å². The van der Waals surface area contributed by atoms with Crippen molar-refractivity contribution < 1.29 is 4.79 Å². The Bertz CT molecular complexity index is 447. The van der Waals surface area contributed by atoms with E-state index in [0.717, 1.165) is 36.1 Å². The molecule has 1 aromatic carbocycles. The maximum atomic E-state index is 12.1. The fourth-order valence-corrected chi connectivity index (χ4v) is 2.91. The Morgan fingerprint density at radius 1 is 1.44 bits per heavy atom. The van der Waals surface area contributed by atoms with Crippen LogP contribution in [0.25, 0.3) is 0 Å². The Balaban J connectivity index is 2.01. The summed E-state index contributed by atoms with van der Waals surface area (Å²) in [5, 5.41) is 3.89. The van der Waals surface area contributed by atoms with Crippen LogP contribution in [0.15, 0.2) is 22.7 Å². The third-order valence-corrected chi connectivity index (χ3v) is 3.98. The van der Waals surface area contributed by atoms with Crippen molar-refractivity contribution in [2.75, 3.05) is 18.4 Å². The first-order valence-electron chi connectivity index (χ1n) is 6.08. The summed E-state index contributed by atoms with van der Waals surface area (Å²) < 4.78 is 0.871. The number of nitrogens with one attached hydrogen (secondary N) is 1. The predicted molar refractivity (Wildman–Crippen MR) is 78.1 cm³/mol. The number of halogens is 2. The molecule has 0 spiro atoms. The number of likely N-dealkylation sites (tertiary alicyclic amines) is 1. The highest BCUT2D eigenvalue weighted by atomic mass is 79.9. The number of anilines is 1. The SMILES string of the molecule is CC(Nc1ccc(Cl)cc1Br)C(=O)N1CCCC1. The third kappa shape index (κ3) is 3.18. The van der Waals surface area contributed by atoms with Crippen LogP contribution in [0.4, 0.5) is 5.69 Å². The second kappa shape index (κ2) is 5.93. The number of hydrogen-bond acceptors (Lipinski definition) is 2. The molecule has 0 bridgehead atoms. The van der Waals surface area contributed by atoms with Crippen molar-refractivity contribution in [2.24, 2.45) is 0 Å². The molecule has 5 heteroatoms. The molecule has 98 valence electrons. The van der Waals surface area contributed by atoms with E-state index in [-0.39, 0.29) is 11.9 Å². The lowest BCUT2D eigenvalue weighted by atomic mass is 10.2. The lowest BCUT2D eigenvalue weighted by molar-refractivity contribution is -0.130. The van der Waals surface area contributed by atoms with E-state index in [1.54, 1.807) is 0 Å². The van der Waals surface area contributed by atoms with Crippen molar-refractivity contribution in [1.29, 1.82) is 0 Å². The van der Waals surface area contributed by atoms with Crippen LogP contribution in [0.2, 0.25) is 5.02 Å². The van der Waals surface area contributed by atoms with Gasteiger partial charge in [-0.3, -0.25) is 4.79 Å². The van der Waals surface area contributed by atoms with Crippen LogP contribution in [0.5, 0.6) is 0 Å². The summed E-state index contributed by atoms with van der Waals surface area (Å²) in [6, 6.07) is 5.28. The van der Waals surface area contributed by atoms with E-state index >= 15 is 0 Å². The molecule has 1 atom stereocenters. The monoisotopic (exact) mass is 330 g/mol. The van der Waals surface area contributed by atoms with Gasteiger partial charge in [-0.2, -0.15) is 0 Å². The molecule has 1 aliphatic rings. The highest BCUT2D eigenvalue weighted by Gasteiger charge is 2.23. The van der Waals surface area contributed by atoms with Gasteiger partial charge in [0.2, 0.25) is 5.91 Å². The summed E-state index contributed by atoms with van der Waals surface area (Å²) in [4.78, 5) is 14.1. The minimum Gasteiger partial charge on any atom is -0.373 e. The quantitative estimate of drug-likeness (QED) is 0.919. The molecular weight excluding hydrogens is 316 g/mol. The maximum absolute atomic E-state index is 12.1. The van der Waals surface area contributed by atoms with Crippen LogP contribution in [0.1, 0.15) is 19.8 Å². The first-order valence-corrected chi connectivity index (χ1v) is 7.25. The molecular formula is C13H16BrClN2O. The van der Waals surface area contributed by atoms with Gasteiger partial charge in [0.15, 0.2) is 0 Å². The number of amides is 1. The van der Waals surface area contributed by atoms with E-state index in [9.17, 15) is 4.79 Å². The summed E-state index contributed by atoms with van der Waals surface area (Å²) >= 11 is 9.32. The number of carbonyl (C=O) groups is 1. The first-order chi connectivity index (χ1) is 8.58. The van der Waals surface area contributed by atoms with Crippen molar-refractivity contribution in [3.8, 4) is 0 Å². The minimum absolute atomic E-state index is 0.161. The highest BCUT2D eigenvalue weighted by Crippen LogP contribution is 2.26. The van der Waals surface area contributed by atoms with Gasteiger partial charge in [-0.05, 0) is 53.9 Å². The van der Waals surface area contributed by atoms with Gasteiger partial charge in [-0.1, -0.05) is 11.6 Å². The number of carbonyl (C=O) groups excluding carboxylic acids is 1. The Hall–Kier alpha value is -0.740. The Labute approximate surface area is 121 Å². The van der Waals surface area contributed by atoms with Gasteiger partial charge in [-0.25, -0.2) is 0 Å². The van der Waals surface area contributed by atoms with Crippen molar-refractivity contribution in [1.82, 2.24) is 4.90 Å². The van der Waals surface area contributed by atoms with Crippen LogP contribution in [-0.4, -0.2) is 29.9 Å². The van der Waals surface area contributed by atoms with Crippen molar-refractivity contribution in [3.63, 3.8) is 0 Å². The highest BCUT2D eigenvalue weighted by molar-refractivity contribution is 9.10. The van der Waals surface area contributed by atoms with Gasteiger partial charge in [-0.15, -0.1) is 0 Å². The number of nitrogens with zero attached hydrogens (tertiary/aromatic N) is 1. The molecule has 0 saturated carbocycles. The molecule has 1 saturated heterocycles. The maximum Gasteiger partial charge on any atom is 0.244 e. The lowest BCUT2D eigenvalue weighted by Crippen LogP contribution is -2.39. The third-order valence-electron chi connectivity index (χ3n) is 3.09. The van der Waals surface area contributed by atoms with Crippen LogP contribution >= 0.6 is 27.5 Å². The molecule has 0 aromatic heterocycles. The summed E-state index contributed by atoms with van der Waals surface area (Å²) in [5.41, 5.74) is 0.888. The molecule has 0 radical (unpaired) electrons. The predicted octanol–water partition coefficient (Wildman–Crippen LogP) is 3.53. The Morgan fingerprint density at radius 2 is 2.11 bits per heavy atom. The zero-order valence-corrected chi connectivity index (χ0v) is 12.6. The number of rotatable bonds is 3. The normalized spacial score (nSPS) is 16.7. The topological polar surface area (TPSA) is 32.3 Å². The van der Waals surface area contributed by atoms with Gasteiger partial charge < -0.3 is 10.2 Å². The van der Waals surface area contributed by atoms with Crippen LogP contribution in [0, 0.1) is 0 Å². The Morgan fingerprint density at radius 3 is 2.72 bits per heavy atom. The average molecular weight is 332 g/mol. The molecule has 0 aliphatic carbocycles. The smallest absolute Gasteiger partial charge is 0.244 e. The minimum atomic E-state index is -0.222.